The summed E-state index contributed by atoms with van der Waals surface area (Å²) < 4.78 is 12.0. The molecule has 2 heterocycles. The summed E-state index contributed by atoms with van der Waals surface area (Å²) in [5.74, 6) is -0.729. The number of aryl methyl sites for hydroxylation is 1. The first kappa shape index (κ1) is 18.4. The standard InChI is InChI=1S/C18H20ClN3O4/c1-22-17(20)15(16(21-22)11-6-8-25-9-7-11)18(24)26-10-14(23)12-4-2-3-5-13(12)19/h2-5,11H,6-10,20H2,1H3. The highest BCUT2D eigenvalue weighted by Crippen LogP contribution is 2.31. The minimum Gasteiger partial charge on any atom is -0.454 e. The number of halogens is 1. The fourth-order valence-electron chi connectivity index (χ4n) is 2.99. The first-order valence-corrected chi connectivity index (χ1v) is 8.71. The average Bonchev–Trinajstić information content (AvgIpc) is 2.95. The highest BCUT2D eigenvalue weighted by molar-refractivity contribution is 6.34. The molecular weight excluding hydrogens is 358 g/mol. The van der Waals surface area contributed by atoms with Gasteiger partial charge >= 0.3 is 5.97 Å². The molecule has 0 unspecified atom stereocenters. The van der Waals surface area contributed by atoms with Crippen LogP contribution in [0, 0.1) is 0 Å². The lowest BCUT2D eigenvalue weighted by Gasteiger charge is -2.21. The van der Waals surface area contributed by atoms with Crippen molar-refractivity contribution in [2.75, 3.05) is 25.6 Å². The van der Waals surface area contributed by atoms with Gasteiger partial charge in [0.15, 0.2) is 6.61 Å². The second-order valence-corrected chi connectivity index (χ2v) is 6.54. The SMILES string of the molecule is Cn1nc(C2CCOCC2)c(C(=O)OCC(=O)c2ccccc2Cl)c1N. The molecule has 1 aromatic carbocycles. The lowest BCUT2D eigenvalue weighted by atomic mass is 9.93. The zero-order valence-corrected chi connectivity index (χ0v) is 15.2. The summed E-state index contributed by atoms with van der Waals surface area (Å²) in [7, 11) is 1.67. The number of carbonyl (C=O) groups excluding carboxylic acids is 2. The monoisotopic (exact) mass is 377 g/mol. The molecule has 2 aromatic rings. The van der Waals surface area contributed by atoms with Crippen LogP contribution in [0.1, 0.15) is 45.2 Å². The number of hydrogen-bond donors (Lipinski definition) is 1. The van der Waals surface area contributed by atoms with Crippen LogP contribution in [-0.4, -0.2) is 41.4 Å². The first-order valence-electron chi connectivity index (χ1n) is 8.34. The number of ether oxygens (including phenoxy) is 2. The van der Waals surface area contributed by atoms with E-state index in [0.29, 0.717) is 29.5 Å². The third kappa shape index (κ3) is 3.73. The summed E-state index contributed by atoms with van der Waals surface area (Å²) in [6.07, 6.45) is 1.52. The van der Waals surface area contributed by atoms with Gasteiger partial charge in [0.1, 0.15) is 11.4 Å². The Kier molecular flexibility index (Phi) is 5.58. The molecule has 1 aromatic heterocycles. The number of nitrogen functional groups attached to an aromatic ring is 1. The Bertz CT molecular complexity index is 828. The van der Waals surface area contributed by atoms with Crippen molar-refractivity contribution < 1.29 is 19.1 Å². The van der Waals surface area contributed by atoms with E-state index >= 15 is 0 Å². The summed E-state index contributed by atoms with van der Waals surface area (Å²) in [5, 5.41) is 4.70. The molecule has 0 radical (unpaired) electrons. The predicted molar refractivity (Wildman–Crippen MR) is 96.5 cm³/mol. The van der Waals surface area contributed by atoms with Crippen LogP contribution in [0.5, 0.6) is 0 Å². The van der Waals surface area contributed by atoms with Crippen molar-refractivity contribution >= 4 is 29.2 Å². The highest BCUT2D eigenvalue weighted by atomic mass is 35.5. The molecule has 0 amide bonds. The van der Waals surface area contributed by atoms with Crippen LogP contribution in [0.25, 0.3) is 0 Å². The van der Waals surface area contributed by atoms with Gasteiger partial charge in [-0.15, -0.1) is 0 Å². The number of esters is 1. The molecule has 1 fully saturated rings. The maximum absolute atomic E-state index is 12.6. The number of carbonyl (C=O) groups is 2. The van der Waals surface area contributed by atoms with E-state index in [9.17, 15) is 9.59 Å². The summed E-state index contributed by atoms with van der Waals surface area (Å²) in [6, 6.07) is 6.62. The lowest BCUT2D eigenvalue weighted by Crippen LogP contribution is -2.19. The van der Waals surface area contributed by atoms with E-state index < -0.39 is 12.6 Å². The maximum atomic E-state index is 12.6. The molecule has 7 nitrogen and oxygen atoms in total. The first-order chi connectivity index (χ1) is 12.5. The van der Waals surface area contributed by atoms with Crippen LogP contribution in [0.2, 0.25) is 5.02 Å². The van der Waals surface area contributed by atoms with Crippen molar-refractivity contribution in [3.63, 3.8) is 0 Å². The lowest BCUT2D eigenvalue weighted by molar-refractivity contribution is 0.0470. The number of rotatable bonds is 5. The number of benzene rings is 1. The van der Waals surface area contributed by atoms with E-state index in [4.69, 9.17) is 26.8 Å². The minimum atomic E-state index is -0.655. The molecule has 8 heteroatoms. The Morgan fingerprint density at radius 2 is 2.04 bits per heavy atom. The molecule has 1 saturated heterocycles. The average molecular weight is 378 g/mol. The fraction of sp³-hybridized carbons (Fsp3) is 0.389. The van der Waals surface area contributed by atoms with Crippen molar-refractivity contribution in [2.24, 2.45) is 7.05 Å². The molecule has 138 valence electrons. The van der Waals surface area contributed by atoms with Gasteiger partial charge in [-0.3, -0.25) is 9.48 Å². The van der Waals surface area contributed by atoms with E-state index in [1.807, 2.05) is 0 Å². The van der Waals surface area contributed by atoms with Crippen molar-refractivity contribution in [3.05, 3.63) is 46.1 Å². The van der Waals surface area contributed by atoms with Gasteiger partial charge in [-0.2, -0.15) is 5.10 Å². The van der Waals surface area contributed by atoms with Gasteiger partial charge in [0.2, 0.25) is 5.78 Å². The van der Waals surface area contributed by atoms with Gasteiger partial charge in [-0.25, -0.2) is 4.79 Å². The van der Waals surface area contributed by atoms with E-state index in [-0.39, 0.29) is 23.1 Å². The smallest absolute Gasteiger partial charge is 0.344 e. The van der Waals surface area contributed by atoms with Crippen LogP contribution >= 0.6 is 11.6 Å². The summed E-state index contributed by atoms with van der Waals surface area (Å²) >= 11 is 6.00. The minimum absolute atomic E-state index is 0.0778. The Balaban J connectivity index is 1.75. The van der Waals surface area contributed by atoms with Crippen molar-refractivity contribution in [3.8, 4) is 0 Å². The number of anilines is 1. The number of nitrogens with zero attached hydrogens (tertiary/aromatic N) is 2. The molecule has 1 aliphatic heterocycles. The molecule has 0 bridgehead atoms. The van der Waals surface area contributed by atoms with Gasteiger partial charge in [-0.05, 0) is 25.0 Å². The van der Waals surface area contributed by atoms with Gasteiger partial charge < -0.3 is 15.2 Å². The molecule has 0 aliphatic carbocycles. The van der Waals surface area contributed by atoms with Gasteiger partial charge in [0.25, 0.3) is 0 Å². The zero-order valence-electron chi connectivity index (χ0n) is 14.4. The summed E-state index contributed by atoms with van der Waals surface area (Å²) in [4.78, 5) is 24.8. The Hall–Kier alpha value is -2.38. The van der Waals surface area contributed by atoms with Crippen LogP contribution in [0.4, 0.5) is 5.82 Å². The second kappa shape index (κ2) is 7.88. The number of hydrogen-bond acceptors (Lipinski definition) is 6. The molecule has 0 spiro atoms. The second-order valence-electron chi connectivity index (χ2n) is 6.13. The number of Topliss-reactive ketones (excluding diaryl/α,β-unsaturated/α-hetero) is 1. The molecular formula is C18H20ClN3O4. The number of nitrogens with two attached hydrogens (primary N) is 1. The zero-order chi connectivity index (χ0) is 18.7. The quantitative estimate of drug-likeness (QED) is 0.635. The summed E-state index contributed by atoms with van der Waals surface area (Å²) in [5.41, 5.74) is 7.15. The van der Waals surface area contributed by atoms with Crippen LogP contribution in [0.15, 0.2) is 24.3 Å². The third-order valence-corrected chi connectivity index (χ3v) is 4.77. The fourth-order valence-corrected chi connectivity index (χ4v) is 3.23. The number of aromatic nitrogens is 2. The normalized spacial score (nSPS) is 15.0. The van der Waals surface area contributed by atoms with Crippen LogP contribution in [0.3, 0.4) is 0 Å². The Morgan fingerprint density at radius 1 is 1.35 bits per heavy atom. The van der Waals surface area contributed by atoms with Crippen LogP contribution in [-0.2, 0) is 16.5 Å². The predicted octanol–water partition coefficient (Wildman–Crippen LogP) is 2.59. The third-order valence-electron chi connectivity index (χ3n) is 4.44. The highest BCUT2D eigenvalue weighted by Gasteiger charge is 2.29. The van der Waals surface area contributed by atoms with E-state index in [1.165, 1.54) is 4.68 Å². The van der Waals surface area contributed by atoms with Crippen molar-refractivity contribution in [1.82, 2.24) is 9.78 Å². The van der Waals surface area contributed by atoms with E-state index in [0.717, 1.165) is 12.8 Å². The van der Waals surface area contributed by atoms with Gasteiger partial charge in [-0.1, -0.05) is 23.7 Å². The maximum Gasteiger partial charge on any atom is 0.344 e. The van der Waals surface area contributed by atoms with Gasteiger partial charge in [0.05, 0.1) is 10.7 Å². The van der Waals surface area contributed by atoms with E-state index in [1.54, 1.807) is 31.3 Å². The van der Waals surface area contributed by atoms with Crippen molar-refractivity contribution in [2.45, 2.75) is 18.8 Å². The molecule has 0 atom stereocenters. The molecule has 1 aliphatic rings. The number of ketones is 1. The Morgan fingerprint density at radius 3 is 2.73 bits per heavy atom. The van der Waals surface area contributed by atoms with E-state index in [2.05, 4.69) is 5.10 Å². The van der Waals surface area contributed by atoms with Crippen molar-refractivity contribution in [1.29, 1.82) is 0 Å². The Labute approximate surface area is 156 Å². The van der Waals surface area contributed by atoms with Gasteiger partial charge in [0, 0.05) is 31.7 Å². The molecule has 26 heavy (non-hydrogen) atoms. The topological polar surface area (TPSA) is 96.4 Å². The molecule has 3 rings (SSSR count). The summed E-state index contributed by atoms with van der Waals surface area (Å²) in [6.45, 7) is 0.811. The largest absolute Gasteiger partial charge is 0.454 e. The van der Waals surface area contributed by atoms with Crippen LogP contribution < -0.4 is 5.73 Å². The molecule has 0 saturated carbocycles. The molecule has 2 N–H and O–H groups in total.